The number of carboxylic acids is 1. The van der Waals surface area contributed by atoms with Gasteiger partial charge in [0.05, 0.1) is 0 Å². The van der Waals surface area contributed by atoms with Gasteiger partial charge in [-0.1, -0.05) is 51.2 Å². The van der Waals surface area contributed by atoms with Gasteiger partial charge in [0.2, 0.25) is 0 Å². The van der Waals surface area contributed by atoms with E-state index in [4.69, 9.17) is 0 Å². The maximum Gasteiger partial charge on any atom is 0.339 e. The highest BCUT2D eigenvalue weighted by molar-refractivity contribution is 5.93. The second kappa shape index (κ2) is 8.81. The molecule has 0 amide bonds. The highest BCUT2D eigenvalue weighted by atomic mass is 16.4. The Hall–Kier alpha value is -1.97. The molecular weight excluding hydrogens is 340 g/mol. The molecule has 4 heteroatoms. The third-order valence-corrected chi connectivity index (χ3v) is 5.82. The first kappa shape index (κ1) is 21.3. The molecule has 1 aromatic carbocycles. The van der Waals surface area contributed by atoms with Gasteiger partial charge < -0.3 is 15.3 Å². The number of phenols is 2. The number of carboxylic acid groups (broad SMARTS) is 1. The Morgan fingerprint density at radius 1 is 1.19 bits per heavy atom. The van der Waals surface area contributed by atoms with E-state index in [1.807, 2.05) is 0 Å². The third-order valence-electron chi connectivity index (χ3n) is 5.82. The number of unbranched alkanes of at least 4 members (excludes halogenated alkanes) is 3. The molecule has 0 spiro atoms. The maximum absolute atomic E-state index is 11.8. The highest BCUT2D eigenvalue weighted by Gasteiger charge is 2.27. The molecule has 150 valence electrons. The van der Waals surface area contributed by atoms with Gasteiger partial charge in [-0.25, -0.2) is 4.79 Å². The number of phenolic OH excluding ortho intramolecular Hbond substituents is 1. The number of aromatic carboxylic acids is 1. The Balaban J connectivity index is 2.32. The number of aromatic hydroxyl groups is 2. The van der Waals surface area contributed by atoms with Crippen LogP contribution in [-0.2, 0) is 12.8 Å². The van der Waals surface area contributed by atoms with Crippen LogP contribution in [0.2, 0.25) is 0 Å². The molecular formula is C23H34O4. The minimum absolute atomic E-state index is 0.00752. The molecule has 0 heterocycles. The second-order valence-electron chi connectivity index (χ2n) is 8.77. The standard InChI is InChI=1S/C23H34O4/c1-5-6-7-8-9-17-13-19(24)18(21(25)20(17)22(26)27)12-16-10-11-23(3,4)14-15(16)2/h13,24-25H,5-12,14H2,1-4H3,(H,26,27). The van der Waals surface area contributed by atoms with Crippen LogP contribution in [0.5, 0.6) is 11.5 Å². The summed E-state index contributed by atoms with van der Waals surface area (Å²) in [7, 11) is 0. The SMILES string of the molecule is CCCCCCc1cc(O)c(CC2=C(C)CC(C)(C)CC2)c(O)c1C(=O)O. The van der Waals surface area contributed by atoms with Crippen molar-refractivity contribution in [1.29, 1.82) is 0 Å². The van der Waals surface area contributed by atoms with Gasteiger partial charge in [-0.2, -0.15) is 0 Å². The van der Waals surface area contributed by atoms with Crippen molar-refractivity contribution < 1.29 is 20.1 Å². The van der Waals surface area contributed by atoms with Gasteiger partial charge in [-0.15, -0.1) is 0 Å². The summed E-state index contributed by atoms with van der Waals surface area (Å²) in [5, 5.41) is 30.8. The van der Waals surface area contributed by atoms with Crippen LogP contribution in [0.3, 0.4) is 0 Å². The van der Waals surface area contributed by atoms with E-state index in [9.17, 15) is 20.1 Å². The van der Waals surface area contributed by atoms with Gasteiger partial charge in [0.15, 0.2) is 0 Å². The normalized spacial score (nSPS) is 16.6. The lowest BCUT2D eigenvalue weighted by molar-refractivity contribution is 0.0692. The molecule has 0 aliphatic heterocycles. The monoisotopic (exact) mass is 374 g/mol. The number of rotatable bonds is 8. The van der Waals surface area contributed by atoms with Crippen molar-refractivity contribution in [1.82, 2.24) is 0 Å². The lowest BCUT2D eigenvalue weighted by Gasteiger charge is -2.32. The zero-order valence-corrected chi connectivity index (χ0v) is 17.2. The summed E-state index contributed by atoms with van der Waals surface area (Å²) < 4.78 is 0. The molecule has 0 saturated carbocycles. The zero-order valence-electron chi connectivity index (χ0n) is 17.2. The molecule has 0 bridgehead atoms. The molecule has 4 nitrogen and oxygen atoms in total. The van der Waals surface area contributed by atoms with Crippen LogP contribution in [-0.4, -0.2) is 21.3 Å². The van der Waals surface area contributed by atoms with Gasteiger partial charge in [0, 0.05) is 12.0 Å². The molecule has 3 N–H and O–H groups in total. The predicted molar refractivity (Wildman–Crippen MR) is 109 cm³/mol. The van der Waals surface area contributed by atoms with E-state index in [0.717, 1.165) is 44.9 Å². The number of benzene rings is 1. The maximum atomic E-state index is 11.8. The smallest absolute Gasteiger partial charge is 0.339 e. The lowest BCUT2D eigenvalue weighted by Crippen LogP contribution is -2.18. The minimum Gasteiger partial charge on any atom is -0.508 e. The quantitative estimate of drug-likeness (QED) is 0.386. The summed E-state index contributed by atoms with van der Waals surface area (Å²) in [4.78, 5) is 11.8. The number of hydrogen-bond donors (Lipinski definition) is 3. The van der Waals surface area contributed by atoms with Crippen molar-refractivity contribution in [3.63, 3.8) is 0 Å². The summed E-state index contributed by atoms with van der Waals surface area (Å²) in [5.41, 5.74) is 3.57. The van der Waals surface area contributed by atoms with Crippen LogP contribution < -0.4 is 0 Å². The molecule has 0 fully saturated rings. The van der Waals surface area contributed by atoms with E-state index in [-0.39, 0.29) is 22.5 Å². The lowest BCUT2D eigenvalue weighted by atomic mass is 9.73. The van der Waals surface area contributed by atoms with Crippen molar-refractivity contribution in [3.8, 4) is 11.5 Å². The topological polar surface area (TPSA) is 77.8 Å². The van der Waals surface area contributed by atoms with E-state index in [2.05, 4.69) is 27.7 Å². The zero-order chi connectivity index (χ0) is 20.2. The van der Waals surface area contributed by atoms with Crippen molar-refractivity contribution in [2.75, 3.05) is 0 Å². The van der Waals surface area contributed by atoms with E-state index < -0.39 is 5.97 Å². The average Bonchev–Trinajstić information content (AvgIpc) is 2.56. The largest absolute Gasteiger partial charge is 0.508 e. The first-order chi connectivity index (χ1) is 12.7. The van der Waals surface area contributed by atoms with Crippen LogP contribution in [0.4, 0.5) is 0 Å². The molecule has 0 unspecified atom stereocenters. The molecule has 1 aliphatic carbocycles. The van der Waals surface area contributed by atoms with Crippen molar-refractivity contribution in [2.24, 2.45) is 5.41 Å². The molecule has 0 saturated heterocycles. The first-order valence-electron chi connectivity index (χ1n) is 10.1. The second-order valence-corrected chi connectivity index (χ2v) is 8.77. The van der Waals surface area contributed by atoms with Gasteiger partial charge in [-0.3, -0.25) is 0 Å². The molecule has 0 radical (unpaired) electrons. The summed E-state index contributed by atoms with van der Waals surface area (Å²) in [6.07, 6.45) is 8.00. The molecule has 27 heavy (non-hydrogen) atoms. The molecule has 1 aromatic rings. The summed E-state index contributed by atoms with van der Waals surface area (Å²) in [6.45, 7) is 8.72. The number of aryl methyl sites for hydroxylation is 1. The molecule has 1 aliphatic rings. The van der Waals surface area contributed by atoms with Gasteiger partial charge in [0.1, 0.15) is 17.1 Å². The predicted octanol–water partition coefficient (Wildman–Crippen LogP) is 5.99. The fourth-order valence-electron chi connectivity index (χ4n) is 4.19. The highest BCUT2D eigenvalue weighted by Crippen LogP contribution is 2.42. The minimum atomic E-state index is -1.13. The van der Waals surface area contributed by atoms with Gasteiger partial charge >= 0.3 is 5.97 Å². The summed E-state index contributed by atoms with van der Waals surface area (Å²) in [5.74, 6) is -1.39. The van der Waals surface area contributed by atoms with Gasteiger partial charge in [0.25, 0.3) is 0 Å². The fourth-order valence-corrected chi connectivity index (χ4v) is 4.19. The average molecular weight is 375 g/mol. The van der Waals surface area contributed by atoms with Crippen LogP contribution in [0.15, 0.2) is 17.2 Å². The van der Waals surface area contributed by atoms with Crippen LogP contribution in [0.1, 0.15) is 94.1 Å². The van der Waals surface area contributed by atoms with E-state index in [1.54, 1.807) is 6.07 Å². The Morgan fingerprint density at radius 3 is 2.48 bits per heavy atom. The number of allylic oxidation sites excluding steroid dienone is 2. The number of carbonyl (C=O) groups is 1. The molecule has 2 rings (SSSR count). The van der Waals surface area contributed by atoms with Crippen molar-refractivity contribution in [3.05, 3.63) is 33.9 Å². The van der Waals surface area contributed by atoms with E-state index in [0.29, 0.717) is 24.0 Å². The first-order valence-corrected chi connectivity index (χ1v) is 10.1. The Bertz CT molecular complexity index is 728. The summed E-state index contributed by atoms with van der Waals surface area (Å²) >= 11 is 0. The van der Waals surface area contributed by atoms with E-state index >= 15 is 0 Å². The summed E-state index contributed by atoms with van der Waals surface area (Å²) in [6, 6.07) is 1.55. The fraction of sp³-hybridized carbons (Fsp3) is 0.609. The molecule has 0 aromatic heterocycles. The van der Waals surface area contributed by atoms with Crippen molar-refractivity contribution in [2.45, 2.75) is 85.5 Å². The Labute approximate surface area is 162 Å². The van der Waals surface area contributed by atoms with Crippen LogP contribution in [0, 0.1) is 5.41 Å². The Morgan fingerprint density at radius 2 is 1.89 bits per heavy atom. The van der Waals surface area contributed by atoms with Crippen LogP contribution in [0.25, 0.3) is 0 Å². The molecule has 0 atom stereocenters. The number of hydrogen-bond acceptors (Lipinski definition) is 3. The Kier molecular flexibility index (Phi) is 6.96. The van der Waals surface area contributed by atoms with E-state index in [1.165, 1.54) is 11.1 Å². The van der Waals surface area contributed by atoms with Gasteiger partial charge in [-0.05, 0) is 56.1 Å². The van der Waals surface area contributed by atoms with Crippen molar-refractivity contribution >= 4 is 5.97 Å². The third kappa shape index (κ3) is 5.27. The van der Waals surface area contributed by atoms with Crippen LogP contribution >= 0.6 is 0 Å².